The summed E-state index contributed by atoms with van der Waals surface area (Å²) in [6.07, 6.45) is 10.7. The van der Waals surface area contributed by atoms with E-state index in [-0.39, 0.29) is 0 Å². The second-order valence-corrected chi connectivity index (χ2v) is 6.90. The Morgan fingerprint density at radius 1 is 0.654 bits per heavy atom. The van der Waals surface area contributed by atoms with Gasteiger partial charge in [0, 0.05) is 0 Å². The first-order valence-corrected chi connectivity index (χ1v) is 10.2. The average molecular weight is 355 g/mol. The molecule has 0 bridgehead atoms. The minimum Gasteiger partial charge on any atom is -0.491 e. The Morgan fingerprint density at radius 2 is 1.35 bits per heavy atom. The molecule has 0 fully saturated rings. The number of hydrogen-bond acceptors (Lipinski definition) is 2. The first-order chi connectivity index (χ1) is 12.9. The molecule has 2 nitrogen and oxygen atoms in total. The van der Waals surface area contributed by atoms with Gasteiger partial charge in [0.2, 0.25) is 0 Å². The summed E-state index contributed by atoms with van der Waals surface area (Å²) >= 11 is 0. The summed E-state index contributed by atoms with van der Waals surface area (Å²) in [5.74, 6) is 0.927. The number of ether oxygens (including phenoxy) is 2. The molecule has 142 valence electrons. The lowest BCUT2D eigenvalue weighted by molar-refractivity contribution is 0.0889. The molecule has 26 heavy (non-hydrogen) atoms. The molecule has 0 aromatic heterocycles. The lowest BCUT2D eigenvalue weighted by atomic mass is 10.0. The molecular weight excluding hydrogens is 320 g/mol. The van der Waals surface area contributed by atoms with Crippen molar-refractivity contribution in [2.75, 3.05) is 13.2 Å². The minimum absolute atomic E-state index is 0.587. The predicted octanol–water partition coefficient (Wildman–Crippen LogP) is 6.58. The number of benzene rings is 2. The van der Waals surface area contributed by atoms with Crippen molar-refractivity contribution < 1.29 is 9.47 Å². The van der Waals surface area contributed by atoms with E-state index in [1.807, 2.05) is 18.2 Å². The maximum Gasteiger partial charge on any atom is 0.119 e. The van der Waals surface area contributed by atoms with Crippen molar-refractivity contribution in [2.24, 2.45) is 0 Å². The van der Waals surface area contributed by atoms with E-state index < -0.39 is 0 Å². The fraction of sp³-hybridized carbons (Fsp3) is 0.500. The van der Waals surface area contributed by atoms with Crippen LogP contribution in [0.4, 0.5) is 0 Å². The van der Waals surface area contributed by atoms with Gasteiger partial charge in [0.05, 0.1) is 13.2 Å². The van der Waals surface area contributed by atoms with Crippen molar-refractivity contribution in [1.82, 2.24) is 0 Å². The van der Waals surface area contributed by atoms with Crippen LogP contribution in [0.2, 0.25) is 0 Å². The van der Waals surface area contributed by atoms with E-state index >= 15 is 0 Å². The molecular formula is C24H34O2. The summed E-state index contributed by atoms with van der Waals surface area (Å²) in [6.45, 7) is 4.10. The standard InChI is InChI=1S/C24H34O2/c1-2-3-4-5-6-7-9-12-22-15-17-24(18-16-22)26-20-19-25-21-23-13-10-8-11-14-23/h8,10-11,13-18H,2-7,9,12,19-21H2,1H3. The highest BCUT2D eigenvalue weighted by Gasteiger charge is 1.98. The fourth-order valence-corrected chi connectivity index (χ4v) is 3.02. The molecule has 2 rings (SSSR count). The topological polar surface area (TPSA) is 18.5 Å². The number of rotatable bonds is 14. The zero-order valence-corrected chi connectivity index (χ0v) is 16.3. The molecule has 0 amide bonds. The summed E-state index contributed by atoms with van der Waals surface area (Å²) in [6, 6.07) is 18.8. The molecule has 0 heterocycles. The van der Waals surface area contributed by atoms with E-state index in [0.717, 1.165) is 5.75 Å². The average Bonchev–Trinajstić information content (AvgIpc) is 2.69. The first kappa shape index (κ1) is 20.5. The highest BCUT2D eigenvalue weighted by Crippen LogP contribution is 2.15. The minimum atomic E-state index is 0.587. The Hall–Kier alpha value is -1.80. The van der Waals surface area contributed by atoms with Crippen LogP contribution in [0.5, 0.6) is 5.75 Å². The second kappa shape index (κ2) is 13.4. The van der Waals surface area contributed by atoms with Crippen molar-refractivity contribution in [1.29, 1.82) is 0 Å². The van der Waals surface area contributed by atoms with E-state index in [2.05, 4.69) is 43.3 Å². The van der Waals surface area contributed by atoms with Crippen LogP contribution >= 0.6 is 0 Å². The molecule has 0 spiro atoms. The van der Waals surface area contributed by atoms with Crippen LogP contribution in [0.3, 0.4) is 0 Å². The van der Waals surface area contributed by atoms with E-state index in [9.17, 15) is 0 Å². The summed E-state index contributed by atoms with van der Waals surface area (Å²) in [4.78, 5) is 0. The lowest BCUT2D eigenvalue weighted by Crippen LogP contribution is -2.06. The van der Waals surface area contributed by atoms with Crippen LogP contribution in [0.15, 0.2) is 54.6 Å². The number of unbranched alkanes of at least 4 members (excludes halogenated alkanes) is 6. The highest BCUT2D eigenvalue weighted by atomic mass is 16.5. The number of aryl methyl sites for hydroxylation is 1. The van der Waals surface area contributed by atoms with Gasteiger partial charge in [0.1, 0.15) is 12.4 Å². The van der Waals surface area contributed by atoms with Gasteiger partial charge in [-0.1, -0.05) is 87.9 Å². The van der Waals surface area contributed by atoms with Gasteiger partial charge in [-0.2, -0.15) is 0 Å². The van der Waals surface area contributed by atoms with E-state index in [0.29, 0.717) is 19.8 Å². The van der Waals surface area contributed by atoms with Crippen LogP contribution < -0.4 is 4.74 Å². The van der Waals surface area contributed by atoms with Gasteiger partial charge in [-0.25, -0.2) is 0 Å². The third-order valence-corrected chi connectivity index (χ3v) is 4.60. The SMILES string of the molecule is CCCCCCCCCc1ccc(OCCOCc2ccccc2)cc1. The van der Waals surface area contributed by atoms with E-state index in [1.54, 1.807) is 0 Å². The fourth-order valence-electron chi connectivity index (χ4n) is 3.02. The molecule has 0 radical (unpaired) electrons. The van der Waals surface area contributed by atoms with Crippen LogP contribution in [0.25, 0.3) is 0 Å². The quantitative estimate of drug-likeness (QED) is 0.357. The third-order valence-electron chi connectivity index (χ3n) is 4.60. The monoisotopic (exact) mass is 354 g/mol. The summed E-state index contributed by atoms with van der Waals surface area (Å²) < 4.78 is 11.4. The molecule has 0 unspecified atom stereocenters. The molecule has 0 aliphatic rings. The maximum atomic E-state index is 5.75. The molecule has 0 aliphatic carbocycles. The van der Waals surface area contributed by atoms with Crippen LogP contribution in [0, 0.1) is 0 Å². The summed E-state index contributed by atoms with van der Waals surface area (Å²) in [7, 11) is 0. The zero-order chi connectivity index (χ0) is 18.3. The van der Waals surface area contributed by atoms with Gasteiger partial charge in [-0.3, -0.25) is 0 Å². The summed E-state index contributed by atoms with van der Waals surface area (Å²) in [5, 5.41) is 0. The predicted molar refractivity (Wildman–Crippen MR) is 110 cm³/mol. The smallest absolute Gasteiger partial charge is 0.119 e. The summed E-state index contributed by atoms with van der Waals surface area (Å²) in [5.41, 5.74) is 2.61. The van der Waals surface area contributed by atoms with Crippen molar-refractivity contribution in [2.45, 2.75) is 64.9 Å². The molecule has 2 aromatic carbocycles. The molecule has 0 saturated carbocycles. The van der Waals surface area contributed by atoms with Gasteiger partial charge in [0.15, 0.2) is 0 Å². The first-order valence-electron chi connectivity index (χ1n) is 10.2. The van der Waals surface area contributed by atoms with Gasteiger partial charge in [0.25, 0.3) is 0 Å². The van der Waals surface area contributed by atoms with Crippen LogP contribution in [-0.4, -0.2) is 13.2 Å². The molecule has 2 heteroatoms. The highest BCUT2D eigenvalue weighted by molar-refractivity contribution is 5.27. The zero-order valence-electron chi connectivity index (χ0n) is 16.3. The second-order valence-electron chi connectivity index (χ2n) is 6.90. The molecule has 0 aliphatic heterocycles. The van der Waals surface area contributed by atoms with E-state index in [1.165, 1.54) is 62.5 Å². The normalized spacial score (nSPS) is 10.8. The van der Waals surface area contributed by atoms with Crippen molar-refractivity contribution in [3.05, 3.63) is 65.7 Å². The van der Waals surface area contributed by atoms with Gasteiger partial charge < -0.3 is 9.47 Å². The number of hydrogen-bond donors (Lipinski definition) is 0. The molecule has 0 N–H and O–H groups in total. The van der Waals surface area contributed by atoms with Crippen LogP contribution in [0.1, 0.15) is 63.0 Å². The van der Waals surface area contributed by atoms with Crippen LogP contribution in [-0.2, 0) is 17.8 Å². The third kappa shape index (κ3) is 9.05. The Labute approximate surface area is 159 Å². The molecule has 2 aromatic rings. The Morgan fingerprint density at radius 3 is 2.08 bits per heavy atom. The van der Waals surface area contributed by atoms with Gasteiger partial charge in [-0.05, 0) is 36.1 Å². The largest absolute Gasteiger partial charge is 0.491 e. The van der Waals surface area contributed by atoms with Crippen molar-refractivity contribution in [3.63, 3.8) is 0 Å². The molecule has 0 saturated heterocycles. The van der Waals surface area contributed by atoms with E-state index in [4.69, 9.17) is 9.47 Å². The van der Waals surface area contributed by atoms with Gasteiger partial charge >= 0.3 is 0 Å². The lowest BCUT2D eigenvalue weighted by Gasteiger charge is -2.08. The Bertz CT molecular complexity index is 563. The molecule has 0 atom stereocenters. The van der Waals surface area contributed by atoms with Gasteiger partial charge in [-0.15, -0.1) is 0 Å². The maximum absolute atomic E-state index is 5.75. The Kier molecular flexibility index (Phi) is 10.6. The van der Waals surface area contributed by atoms with Crippen molar-refractivity contribution in [3.8, 4) is 5.75 Å². The Balaban J connectivity index is 1.51. The van der Waals surface area contributed by atoms with Crippen molar-refractivity contribution >= 4 is 0 Å².